The fourth-order valence-corrected chi connectivity index (χ4v) is 4.60. The van der Waals surface area contributed by atoms with E-state index in [0.717, 1.165) is 28.1 Å². The Morgan fingerprint density at radius 2 is 1.69 bits per heavy atom. The third-order valence-electron chi connectivity index (χ3n) is 5.89. The summed E-state index contributed by atoms with van der Waals surface area (Å²) in [6, 6.07) is 23.8. The molecule has 176 valence electrons. The van der Waals surface area contributed by atoms with Crippen molar-refractivity contribution in [3.63, 3.8) is 0 Å². The molecule has 6 nitrogen and oxygen atoms in total. The highest BCUT2D eigenvalue weighted by atomic mass is 79.9. The molecule has 1 aliphatic heterocycles. The van der Waals surface area contributed by atoms with Crippen LogP contribution in [0.1, 0.15) is 44.4 Å². The topological polar surface area (TPSA) is 77.9 Å². The van der Waals surface area contributed by atoms with Crippen molar-refractivity contribution in [1.82, 2.24) is 4.98 Å². The van der Waals surface area contributed by atoms with Crippen LogP contribution in [0.2, 0.25) is 0 Å². The monoisotopic (exact) mass is 531 g/mol. The molecule has 0 aliphatic carbocycles. The second kappa shape index (κ2) is 9.80. The second-order valence-electron chi connectivity index (χ2n) is 8.08. The van der Waals surface area contributed by atoms with E-state index in [1.54, 1.807) is 18.2 Å². The van der Waals surface area contributed by atoms with Crippen LogP contribution in [-0.2, 0) is 16.7 Å². The number of benzene rings is 3. The van der Waals surface area contributed by atoms with Crippen LogP contribution in [0.4, 0.5) is 0 Å². The zero-order valence-electron chi connectivity index (χ0n) is 18.9. The smallest absolute Gasteiger partial charge is 0.338 e. The molecule has 2 heterocycles. The van der Waals surface area contributed by atoms with E-state index in [-0.39, 0.29) is 11.7 Å². The number of ether oxygens (including phenoxy) is 3. The molecule has 5 rings (SSSR count). The fourth-order valence-electron chi connectivity index (χ4n) is 4.29. The van der Waals surface area contributed by atoms with Crippen molar-refractivity contribution < 1.29 is 24.1 Å². The van der Waals surface area contributed by atoms with Crippen molar-refractivity contribution >= 4 is 21.9 Å². The molecule has 0 spiro atoms. The predicted molar refractivity (Wildman–Crippen MR) is 135 cm³/mol. The summed E-state index contributed by atoms with van der Waals surface area (Å²) < 4.78 is 17.2. The number of carbonyl (C=O) groups is 1. The van der Waals surface area contributed by atoms with Crippen molar-refractivity contribution in [3.8, 4) is 23.0 Å². The van der Waals surface area contributed by atoms with Gasteiger partial charge in [0.15, 0.2) is 0 Å². The summed E-state index contributed by atoms with van der Waals surface area (Å²) in [5.74, 6) is 1.12. The van der Waals surface area contributed by atoms with Gasteiger partial charge < -0.3 is 19.3 Å². The van der Waals surface area contributed by atoms with Crippen LogP contribution in [0.5, 0.6) is 23.0 Å². The normalized spacial score (nSPS) is 13.8. The first-order chi connectivity index (χ1) is 17.1. The molecule has 0 radical (unpaired) electrons. The summed E-state index contributed by atoms with van der Waals surface area (Å²) in [4.78, 5) is 17.1. The van der Waals surface area contributed by atoms with Crippen LogP contribution in [0.25, 0.3) is 0 Å². The number of hydrogen-bond acceptors (Lipinski definition) is 6. The van der Waals surface area contributed by atoms with Crippen LogP contribution < -0.4 is 9.47 Å². The third-order valence-corrected chi connectivity index (χ3v) is 6.46. The molecule has 0 saturated carbocycles. The van der Waals surface area contributed by atoms with Crippen molar-refractivity contribution in [1.29, 1.82) is 0 Å². The predicted octanol–water partition coefficient (Wildman–Crippen LogP) is 6.33. The molecule has 0 amide bonds. The first-order valence-corrected chi connectivity index (χ1v) is 12.1. The van der Waals surface area contributed by atoms with Crippen LogP contribution >= 0.6 is 15.9 Å². The number of phenolic OH excluding ortho intramolecular Hbond substituents is 1. The van der Waals surface area contributed by atoms with Gasteiger partial charge in [0.2, 0.25) is 0 Å². The van der Waals surface area contributed by atoms with E-state index in [0.29, 0.717) is 34.7 Å². The van der Waals surface area contributed by atoms with E-state index in [1.807, 2.05) is 60.7 Å². The van der Waals surface area contributed by atoms with Crippen LogP contribution in [-0.4, -0.2) is 23.2 Å². The molecule has 0 bridgehead atoms. The maximum atomic E-state index is 12.6. The quantitative estimate of drug-likeness (QED) is 0.203. The lowest BCUT2D eigenvalue weighted by Crippen LogP contribution is -2.16. The molecule has 7 heteroatoms. The molecule has 1 unspecified atom stereocenters. The zero-order valence-corrected chi connectivity index (χ0v) is 20.5. The van der Waals surface area contributed by atoms with Crippen molar-refractivity contribution in [2.75, 3.05) is 7.11 Å². The number of rotatable bonds is 6. The van der Waals surface area contributed by atoms with Gasteiger partial charge in [0, 0.05) is 34.5 Å². The molecule has 4 aromatic rings. The number of pyridine rings is 1. The van der Waals surface area contributed by atoms with E-state index >= 15 is 0 Å². The minimum absolute atomic E-state index is 0.0948. The number of fused-ring (bicyclic) bond motifs is 2. The molecule has 3 aromatic carbocycles. The average Bonchev–Trinajstić information content (AvgIpc) is 2.90. The zero-order chi connectivity index (χ0) is 24.4. The van der Waals surface area contributed by atoms with E-state index in [9.17, 15) is 9.90 Å². The third kappa shape index (κ3) is 4.59. The Labute approximate surface area is 211 Å². The molecule has 1 aromatic heterocycles. The van der Waals surface area contributed by atoms with Gasteiger partial charge in [-0.05, 0) is 35.9 Å². The van der Waals surface area contributed by atoms with E-state index < -0.39 is 5.97 Å². The Balaban J connectivity index is 1.54. The molecule has 1 aliphatic rings. The van der Waals surface area contributed by atoms with E-state index in [1.165, 1.54) is 7.11 Å². The Hall–Kier alpha value is -3.84. The molecule has 1 atom stereocenters. The fraction of sp³-hybridized carbons (Fsp3) is 0.143. The minimum Gasteiger partial charge on any atom is -0.508 e. The number of esters is 1. The number of aromatic nitrogens is 1. The number of alkyl halides is 1. The Bertz CT molecular complexity index is 1400. The van der Waals surface area contributed by atoms with E-state index in [2.05, 4.69) is 20.9 Å². The number of aromatic hydroxyl groups is 1. The van der Waals surface area contributed by atoms with Gasteiger partial charge in [-0.3, -0.25) is 4.98 Å². The summed E-state index contributed by atoms with van der Waals surface area (Å²) in [6.07, 6.45) is 0. The molecule has 1 N–H and O–H groups in total. The summed E-state index contributed by atoms with van der Waals surface area (Å²) in [5.41, 5.74) is 4.75. The van der Waals surface area contributed by atoms with Crippen LogP contribution in [0, 0.1) is 0 Å². The van der Waals surface area contributed by atoms with Gasteiger partial charge in [0.25, 0.3) is 0 Å². The van der Waals surface area contributed by atoms with Gasteiger partial charge in [0.05, 0.1) is 24.1 Å². The number of nitrogens with zero attached hydrogens (tertiary/aromatic N) is 1. The minimum atomic E-state index is -0.410. The van der Waals surface area contributed by atoms with Gasteiger partial charge >= 0.3 is 5.97 Å². The highest BCUT2D eigenvalue weighted by Crippen LogP contribution is 2.49. The second-order valence-corrected chi connectivity index (χ2v) is 8.64. The number of phenols is 1. The number of methoxy groups -OCH3 is 1. The first kappa shape index (κ1) is 22.9. The van der Waals surface area contributed by atoms with Gasteiger partial charge in [-0.25, -0.2) is 4.79 Å². The molecule has 0 saturated heterocycles. The number of hydrogen-bond donors (Lipinski definition) is 1. The maximum absolute atomic E-state index is 12.6. The van der Waals surface area contributed by atoms with Crippen molar-refractivity contribution in [2.24, 2.45) is 0 Å². The SMILES string of the molecule is COC(=O)c1ccccc1C1c2ccc(O)cc2Oc2cc(OCc3cccc(CBr)n3)ccc21. The average molecular weight is 532 g/mol. The molecule has 0 fully saturated rings. The highest BCUT2D eigenvalue weighted by molar-refractivity contribution is 9.08. The van der Waals surface area contributed by atoms with Gasteiger partial charge in [-0.15, -0.1) is 0 Å². The molecular weight excluding hydrogens is 510 g/mol. The van der Waals surface area contributed by atoms with Crippen molar-refractivity contribution in [3.05, 3.63) is 113 Å². The maximum Gasteiger partial charge on any atom is 0.338 e. The lowest BCUT2D eigenvalue weighted by atomic mass is 9.80. The van der Waals surface area contributed by atoms with Crippen LogP contribution in [0.3, 0.4) is 0 Å². The molecular formula is C28H22BrNO5. The lowest BCUT2D eigenvalue weighted by molar-refractivity contribution is 0.0599. The highest BCUT2D eigenvalue weighted by Gasteiger charge is 2.32. The molecule has 35 heavy (non-hydrogen) atoms. The Morgan fingerprint density at radius 1 is 0.943 bits per heavy atom. The van der Waals surface area contributed by atoms with Crippen molar-refractivity contribution in [2.45, 2.75) is 17.9 Å². The largest absolute Gasteiger partial charge is 0.508 e. The van der Waals surface area contributed by atoms with Gasteiger partial charge in [-0.2, -0.15) is 0 Å². The number of carbonyl (C=O) groups excluding carboxylic acids is 1. The Morgan fingerprint density at radius 3 is 2.49 bits per heavy atom. The standard InChI is InChI=1S/C28H22BrNO5/c1-33-28(32)22-8-3-2-7-21(22)27-23-11-9-19(31)13-25(23)35-26-14-20(10-12-24(26)27)34-16-18-6-4-5-17(15-29)30-18/h2-14,27,31H,15-16H2,1H3. The summed E-state index contributed by atoms with van der Waals surface area (Å²) in [5, 5.41) is 10.8. The van der Waals surface area contributed by atoms with E-state index in [4.69, 9.17) is 14.2 Å². The summed E-state index contributed by atoms with van der Waals surface area (Å²) in [7, 11) is 1.37. The van der Waals surface area contributed by atoms with Gasteiger partial charge in [0.1, 0.15) is 29.6 Å². The Kier molecular flexibility index (Phi) is 6.42. The van der Waals surface area contributed by atoms with Gasteiger partial charge in [-0.1, -0.05) is 52.3 Å². The summed E-state index contributed by atoms with van der Waals surface area (Å²) >= 11 is 3.42. The summed E-state index contributed by atoms with van der Waals surface area (Å²) in [6.45, 7) is 0.311. The first-order valence-electron chi connectivity index (χ1n) is 11.0. The van der Waals surface area contributed by atoms with Crippen LogP contribution in [0.15, 0.2) is 78.9 Å². The lowest BCUT2D eigenvalue weighted by Gasteiger charge is -2.30. The number of halogens is 1.